The molecule has 0 aliphatic heterocycles. The Morgan fingerprint density at radius 3 is 1.69 bits per heavy atom. The van der Waals surface area contributed by atoms with Gasteiger partial charge in [-0.15, -0.1) is 0 Å². The van der Waals surface area contributed by atoms with Crippen LogP contribution in [0.15, 0.2) is 84.9 Å². The average Bonchev–Trinajstić information content (AvgIpc) is 2.67. The van der Waals surface area contributed by atoms with E-state index in [4.69, 9.17) is 0 Å². The van der Waals surface area contributed by atoms with E-state index in [1.165, 1.54) is 24.3 Å². The Hall–Kier alpha value is -3.03. The fraction of sp³-hybridized carbons (Fsp3) is 0.0909. The maximum atomic E-state index is 13.4. The minimum Gasteiger partial charge on any atom is -0.366 e. The molecule has 3 aromatic carbocycles. The van der Waals surface area contributed by atoms with Crippen LogP contribution in [-0.4, -0.2) is 11.3 Å². The highest BCUT2D eigenvalue weighted by atomic mass is 19.4. The van der Waals surface area contributed by atoms with Crippen molar-refractivity contribution < 1.29 is 18.3 Å². The summed E-state index contributed by atoms with van der Waals surface area (Å²) in [5, 5.41) is 10.2. The molecule has 0 heterocycles. The molecule has 3 rings (SSSR count). The quantitative estimate of drug-likeness (QED) is 0.632. The fourth-order valence-corrected chi connectivity index (χ4v) is 2.53. The van der Waals surface area contributed by atoms with Gasteiger partial charge in [0.15, 0.2) is 0 Å². The van der Waals surface area contributed by atoms with Gasteiger partial charge in [-0.3, -0.25) is 0 Å². The van der Waals surface area contributed by atoms with Crippen molar-refractivity contribution in [3.8, 4) is 23.0 Å². The van der Waals surface area contributed by atoms with Crippen molar-refractivity contribution in [1.82, 2.24) is 0 Å². The first kappa shape index (κ1) is 17.8. The molecular formula is C22H15F3O. The lowest BCUT2D eigenvalue weighted by Gasteiger charge is -2.25. The molecule has 26 heavy (non-hydrogen) atoms. The molecule has 3 aromatic rings. The van der Waals surface area contributed by atoms with Gasteiger partial charge < -0.3 is 5.11 Å². The van der Waals surface area contributed by atoms with Gasteiger partial charge in [0.1, 0.15) is 0 Å². The van der Waals surface area contributed by atoms with Crippen LogP contribution in [-0.2, 0) is 5.60 Å². The van der Waals surface area contributed by atoms with Crippen LogP contribution in [0.2, 0.25) is 0 Å². The van der Waals surface area contributed by atoms with Crippen molar-refractivity contribution in [3.63, 3.8) is 0 Å². The summed E-state index contributed by atoms with van der Waals surface area (Å²) in [4.78, 5) is 0. The second kappa shape index (κ2) is 7.07. The van der Waals surface area contributed by atoms with E-state index in [2.05, 4.69) is 5.92 Å². The smallest absolute Gasteiger partial charge is 0.366 e. The lowest BCUT2D eigenvalue weighted by Crippen LogP contribution is -2.41. The Morgan fingerprint density at radius 2 is 1.15 bits per heavy atom. The molecule has 1 nitrogen and oxygen atoms in total. The molecule has 0 fully saturated rings. The molecule has 0 radical (unpaired) electrons. The van der Waals surface area contributed by atoms with Gasteiger partial charge in [-0.05, 0) is 29.2 Å². The molecular weight excluding hydrogens is 337 g/mol. The summed E-state index contributed by atoms with van der Waals surface area (Å²) in [7, 11) is 0. The Balaban J connectivity index is 1.93. The minimum atomic E-state index is -4.91. The number of benzene rings is 3. The first-order valence-corrected chi connectivity index (χ1v) is 7.93. The van der Waals surface area contributed by atoms with E-state index in [0.717, 1.165) is 11.1 Å². The molecule has 1 atom stereocenters. The van der Waals surface area contributed by atoms with E-state index in [0.29, 0.717) is 5.56 Å². The molecule has 130 valence electrons. The molecule has 1 unspecified atom stereocenters. The van der Waals surface area contributed by atoms with Gasteiger partial charge >= 0.3 is 6.18 Å². The normalized spacial score (nSPS) is 13.4. The second-order valence-electron chi connectivity index (χ2n) is 5.77. The van der Waals surface area contributed by atoms with E-state index in [1.54, 1.807) is 30.3 Å². The van der Waals surface area contributed by atoms with Crippen LogP contribution in [0.4, 0.5) is 13.2 Å². The third-order valence-electron chi connectivity index (χ3n) is 3.98. The van der Waals surface area contributed by atoms with Gasteiger partial charge in [0.2, 0.25) is 5.60 Å². The van der Waals surface area contributed by atoms with Gasteiger partial charge in [-0.2, -0.15) is 13.2 Å². The highest BCUT2D eigenvalue weighted by Gasteiger charge is 2.54. The van der Waals surface area contributed by atoms with Gasteiger partial charge in [0, 0.05) is 11.1 Å². The maximum Gasteiger partial charge on any atom is 0.433 e. The van der Waals surface area contributed by atoms with Crippen LogP contribution < -0.4 is 0 Å². The molecule has 0 bridgehead atoms. The Labute approximate surface area is 149 Å². The first-order chi connectivity index (χ1) is 12.4. The van der Waals surface area contributed by atoms with Crippen LogP contribution in [0.1, 0.15) is 11.1 Å². The summed E-state index contributed by atoms with van der Waals surface area (Å²) in [5.74, 6) is 4.46. The van der Waals surface area contributed by atoms with Crippen LogP contribution in [0, 0.1) is 11.8 Å². The molecule has 0 amide bonds. The van der Waals surface area contributed by atoms with Crippen LogP contribution in [0.25, 0.3) is 11.1 Å². The van der Waals surface area contributed by atoms with Gasteiger partial charge in [-0.25, -0.2) is 0 Å². The largest absolute Gasteiger partial charge is 0.433 e. The Kier molecular flexibility index (Phi) is 4.83. The standard InChI is InChI=1S/C22H15F3O/c23-22(24,25)21(26,20-9-5-2-6-10-20)16-15-17-11-13-19(14-12-17)18-7-3-1-4-8-18/h1-14,26H. The molecule has 0 aliphatic rings. The van der Waals surface area contributed by atoms with E-state index >= 15 is 0 Å². The minimum absolute atomic E-state index is 0.305. The number of halogens is 3. The van der Waals surface area contributed by atoms with Gasteiger partial charge in [0.05, 0.1) is 0 Å². The number of alkyl halides is 3. The van der Waals surface area contributed by atoms with Crippen LogP contribution in [0.3, 0.4) is 0 Å². The van der Waals surface area contributed by atoms with E-state index < -0.39 is 11.8 Å². The van der Waals surface area contributed by atoms with Gasteiger partial charge in [-0.1, -0.05) is 78.7 Å². The zero-order valence-corrected chi connectivity index (χ0v) is 13.7. The van der Waals surface area contributed by atoms with Crippen molar-refractivity contribution in [2.24, 2.45) is 0 Å². The fourth-order valence-electron chi connectivity index (χ4n) is 2.53. The number of hydrogen-bond acceptors (Lipinski definition) is 1. The van der Waals surface area contributed by atoms with E-state index in [-0.39, 0.29) is 5.56 Å². The van der Waals surface area contributed by atoms with Crippen LogP contribution in [0.5, 0.6) is 0 Å². The lowest BCUT2D eigenvalue weighted by molar-refractivity contribution is -0.240. The zero-order chi connectivity index (χ0) is 18.6. The molecule has 4 heteroatoms. The first-order valence-electron chi connectivity index (χ1n) is 7.93. The van der Waals surface area contributed by atoms with E-state index in [9.17, 15) is 18.3 Å². The van der Waals surface area contributed by atoms with Crippen molar-refractivity contribution >= 4 is 0 Å². The average molecular weight is 352 g/mol. The van der Waals surface area contributed by atoms with Crippen molar-refractivity contribution in [2.75, 3.05) is 0 Å². The third-order valence-corrected chi connectivity index (χ3v) is 3.98. The number of aliphatic hydroxyl groups is 1. The van der Waals surface area contributed by atoms with Gasteiger partial charge in [0.25, 0.3) is 0 Å². The number of rotatable bonds is 2. The number of hydrogen-bond donors (Lipinski definition) is 1. The molecule has 0 spiro atoms. The predicted octanol–water partition coefficient (Wildman–Crippen LogP) is 5.16. The molecule has 0 aromatic heterocycles. The van der Waals surface area contributed by atoms with Crippen molar-refractivity contribution in [3.05, 3.63) is 96.1 Å². The monoisotopic (exact) mass is 352 g/mol. The topological polar surface area (TPSA) is 20.2 Å². The lowest BCUT2D eigenvalue weighted by atomic mass is 9.93. The summed E-state index contributed by atoms with van der Waals surface area (Å²) in [6.45, 7) is 0. The summed E-state index contributed by atoms with van der Waals surface area (Å²) in [6, 6.07) is 23.3. The maximum absolute atomic E-state index is 13.4. The Morgan fingerprint density at radius 1 is 0.654 bits per heavy atom. The highest BCUT2D eigenvalue weighted by Crippen LogP contribution is 2.38. The Bertz CT molecular complexity index is 920. The molecule has 0 saturated carbocycles. The SMILES string of the molecule is OC(C#Cc1ccc(-c2ccccc2)cc1)(c1ccccc1)C(F)(F)F. The zero-order valence-electron chi connectivity index (χ0n) is 13.7. The van der Waals surface area contributed by atoms with E-state index in [1.807, 2.05) is 36.3 Å². The molecule has 0 saturated heterocycles. The van der Waals surface area contributed by atoms with Crippen LogP contribution >= 0.6 is 0 Å². The summed E-state index contributed by atoms with van der Waals surface area (Å²) >= 11 is 0. The van der Waals surface area contributed by atoms with Crippen molar-refractivity contribution in [2.45, 2.75) is 11.8 Å². The summed E-state index contributed by atoms with van der Waals surface area (Å²) in [5.41, 5.74) is -1.19. The molecule has 0 aliphatic carbocycles. The second-order valence-corrected chi connectivity index (χ2v) is 5.77. The predicted molar refractivity (Wildman–Crippen MR) is 95.1 cm³/mol. The summed E-state index contributed by atoms with van der Waals surface area (Å²) in [6.07, 6.45) is -4.91. The van der Waals surface area contributed by atoms with Crippen molar-refractivity contribution in [1.29, 1.82) is 0 Å². The summed E-state index contributed by atoms with van der Waals surface area (Å²) < 4.78 is 40.3. The molecule has 1 N–H and O–H groups in total. The third kappa shape index (κ3) is 3.63. The highest BCUT2D eigenvalue weighted by molar-refractivity contribution is 5.64.